The fraction of sp³-hybridized carbons (Fsp3) is 0.500. The van der Waals surface area contributed by atoms with Crippen molar-refractivity contribution in [1.29, 1.82) is 0 Å². The molecule has 0 aliphatic heterocycles. The molecule has 0 bridgehead atoms. The van der Waals surface area contributed by atoms with Gasteiger partial charge in [-0.1, -0.05) is 26.0 Å². The minimum absolute atomic E-state index is 0.338. The number of carbonyl (C=O) groups is 1. The summed E-state index contributed by atoms with van der Waals surface area (Å²) in [5, 5.41) is 0. The van der Waals surface area contributed by atoms with E-state index in [9.17, 15) is 4.79 Å². The first-order valence-corrected chi connectivity index (χ1v) is 5.65. The van der Waals surface area contributed by atoms with Crippen molar-refractivity contribution in [3.63, 3.8) is 0 Å². The van der Waals surface area contributed by atoms with E-state index in [0.29, 0.717) is 24.0 Å². The van der Waals surface area contributed by atoms with E-state index in [2.05, 4.69) is 32.9 Å². The minimum Gasteiger partial charge on any atom is -0.294 e. The Bertz CT molecular complexity index is 416. The number of fused-ring (bicyclic) bond motifs is 1. The molecule has 0 amide bonds. The first-order chi connectivity index (χ1) is 7.02. The van der Waals surface area contributed by atoms with Crippen LogP contribution in [0.1, 0.15) is 53.2 Å². The summed E-state index contributed by atoms with van der Waals surface area (Å²) < 4.78 is 0. The van der Waals surface area contributed by atoms with Gasteiger partial charge in [-0.3, -0.25) is 4.79 Å². The van der Waals surface area contributed by atoms with Crippen molar-refractivity contribution >= 4 is 5.78 Å². The zero-order valence-electron chi connectivity index (χ0n) is 9.92. The lowest BCUT2D eigenvalue weighted by Gasteiger charge is -2.17. The third-order valence-corrected chi connectivity index (χ3v) is 3.53. The van der Waals surface area contributed by atoms with Crippen molar-refractivity contribution in [1.82, 2.24) is 0 Å². The van der Waals surface area contributed by atoms with E-state index >= 15 is 0 Å². The van der Waals surface area contributed by atoms with Crippen molar-refractivity contribution in [3.05, 3.63) is 34.4 Å². The van der Waals surface area contributed by atoms with Crippen LogP contribution >= 0.6 is 0 Å². The highest BCUT2D eigenvalue weighted by Crippen LogP contribution is 2.41. The van der Waals surface area contributed by atoms with Gasteiger partial charge in [0.2, 0.25) is 0 Å². The van der Waals surface area contributed by atoms with Gasteiger partial charge in [0.15, 0.2) is 5.78 Å². The topological polar surface area (TPSA) is 17.1 Å². The van der Waals surface area contributed by atoms with E-state index in [-0.39, 0.29) is 0 Å². The van der Waals surface area contributed by atoms with Crippen LogP contribution in [0.25, 0.3) is 0 Å². The van der Waals surface area contributed by atoms with Gasteiger partial charge in [-0.15, -0.1) is 0 Å². The highest BCUT2D eigenvalue weighted by Gasteiger charge is 2.33. The summed E-state index contributed by atoms with van der Waals surface area (Å²) in [7, 11) is 0. The molecule has 0 saturated heterocycles. The highest BCUT2D eigenvalue weighted by atomic mass is 16.1. The van der Waals surface area contributed by atoms with Crippen LogP contribution < -0.4 is 0 Å². The molecular formula is C14H18O. The summed E-state index contributed by atoms with van der Waals surface area (Å²) in [5.41, 5.74) is 4.74. The fourth-order valence-electron chi connectivity index (χ4n) is 2.65. The van der Waals surface area contributed by atoms with Gasteiger partial charge in [0.25, 0.3) is 0 Å². The molecule has 1 nitrogen and oxygen atoms in total. The predicted octanol–water partition coefficient (Wildman–Crippen LogP) is 3.63. The van der Waals surface area contributed by atoms with Gasteiger partial charge in [0, 0.05) is 12.0 Å². The van der Waals surface area contributed by atoms with Gasteiger partial charge in [0.1, 0.15) is 0 Å². The number of ketones is 1. The summed E-state index contributed by atoms with van der Waals surface area (Å²) in [4.78, 5) is 12.0. The van der Waals surface area contributed by atoms with Crippen LogP contribution in [0.2, 0.25) is 0 Å². The van der Waals surface area contributed by atoms with Crippen LogP contribution in [0.4, 0.5) is 0 Å². The Hall–Kier alpha value is -1.11. The summed E-state index contributed by atoms with van der Waals surface area (Å²) in [6.07, 6.45) is 0.707. The number of rotatable bonds is 1. The maximum atomic E-state index is 12.0. The third kappa shape index (κ3) is 1.50. The summed E-state index contributed by atoms with van der Waals surface area (Å²) in [6.45, 7) is 8.56. The van der Waals surface area contributed by atoms with Gasteiger partial charge in [-0.2, -0.15) is 0 Å². The molecule has 1 atom stereocenters. The first kappa shape index (κ1) is 10.4. The molecular weight excluding hydrogens is 184 g/mol. The van der Waals surface area contributed by atoms with Crippen LogP contribution in [0, 0.1) is 19.8 Å². The molecule has 1 aliphatic carbocycles. The number of aryl methyl sites for hydroxylation is 2. The Balaban J connectivity index is 2.64. The van der Waals surface area contributed by atoms with Gasteiger partial charge in [-0.05, 0) is 42.4 Å². The summed E-state index contributed by atoms with van der Waals surface area (Å²) in [5.74, 6) is 1.33. The van der Waals surface area contributed by atoms with Crippen molar-refractivity contribution in [3.8, 4) is 0 Å². The summed E-state index contributed by atoms with van der Waals surface area (Å²) in [6, 6.07) is 4.21. The van der Waals surface area contributed by atoms with Crippen LogP contribution in [0.5, 0.6) is 0 Å². The fourth-order valence-corrected chi connectivity index (χ4v) is 2.65. The second-order valence-corrected chi connectivity index (χ2v) is 4.97. The van der Waals surface area contributed by atoms with E-state index in [0.717, 1.165) is 11.1 Å². The SMILES string of the molecule is Cc1ccc(C)c2c1C(=O)CC2C(C)C. The molecule has 0 radical (unpaired) electrons. The normalized spacial score (nSPS) is 19.8. The van der Waals surface area contributed by atoms with Crippen molar-refractivity contribution in [2.45, 2.75) is 40.0 Å². The monoisotopic (exact) mass is 202 g/mol. The van der Waals surface area contributed by atoms with E-state index in [1.165, 1.54) is 11.1 Å². The molecule has 0 aromatic heterocycles. The molecule has 1 aromatic rings. The minimum atomic E-state index is 0.338. The molecule has 1 aromatic carbocycles. The Morgan fingerprint density at radius 3 is 2.40 bits per heavy atom. The lowest BCUT2D eigenvalue weighted by atomic mass is 9.87. The van der Waals surface area contributed by atoms with Crippen molar-refractivity contribution in [2.24, 2.45) is 5.92 Å². The molecule has 80 valence electrons. The highest BCUT2D eigenvalue weighted by molar-refractivity contribution is 6.03. The summed E-state index contributed by atoms with van der Waals surface area (Å²) >= 11 is 0. The van der Waals surface area contributed by atoms with E-state index < -0.39 is 0 Å². The Morgan fingerprint density at radius 1 is 1.20 bits per heavy atom. The predicted molar refractivity (Wildman–Crippen MR) is 62.4 cm³/mol. The van der Waals surface area contributed by atoms with Gasteiger partial charge < -0.3 is 0 Å². The largest absolute Gasteiger partial charge is 0.294 e. The van der Waals surface area contributed by atoms with Crippen molar-refractivity contribution < 1.29 is 4.79 Å². The maximum Gasteiger partial charge on any atom is 0.164 e. The van der Waals surface area contributed by atoms with Gasteiger partial charge >= 0.3 is 0 Å². The Morgan fingerprint density at radius 2 is 1.80 bits per heavy atom. The van der Waals surface area contributed by atoms with Crippen molar-refractivity contribution in [2.75, 3.05) is 0 Å². The number of benzene rings is 1. The molecule has 0 heterocycles. The van der Waals surface area contributed by atoms with Crippen LogP contribution in [-0.4, -0.2) is 5.78 Å². The smallest absolute Gasteiger partial charge is 0.164 e. The molecule has 1 aliphatic rings. The Labute approximate surface area is 91.5 Å². The van der Waals surface area contributed by atoms with Gasteiger partial charge in [-0.25, -0.2) is 0 Å². The first-order valence-electron chi connectivity index (χ1n) is 5.65. The molecule has 1 heteroatoms. The molecule has 15 heavy (non-hydrogen) atoms. The van der Waals surface area contributed by atoms with Crippen LogP contribution in [-0.2, 0) is 0 Å². The lowest BCUT2D eigenvalue weighted by molar-refractivity contribution is 0.0984. The molecule has 1 unspecified atom stereocenters. The average Bonchev–Trinajstić information content (AvgIpc) is 2.51. The standard InChI is InChI=1S/C14H18O/c1-8(2)11-7-12(15)14-10(4)6-5-9(3)13(11)14/h5-6,8,11H,7H2,1-4H3. The third-order valence-electron chi connectivity index (χ3n) is 3.53. The van der Waals surface area contributed by atoms with E-state index in [4.69, 9.17) is 0 Å². The number of Topliss-reactive ketones (excluding diaryl/α,β-unsaturated/α-hetero) is 1. The quantitative estimate of drug-likeness (QED) is 0.679. The molecule has 0 fully saturated rings. The Kier molecular flexibility index (Phi) is 2.41. The van der Waals surface area contributed by atoms with Crippen LogP contribution in [0.3, 0.4) is 0 Å². The number of carbonyl (C=O) groups excluding carboxylic acids is 1. The molecule has 0 saturated carbocycles. The second-order valence-electron chi connectivity index (χ2n) is 4.97. The zero-order valence-corrected chi connectivity index (χ0v) is 9.92. The zero-order chi connectivity index (χ0) is 11.2. The maximum absolute atomic E-state index is 12.0. The van der Waals surface area contributed by atoms with E-state index in [1.807, 2.05) is 6.92 Å². The number of hydrogen-bond acceptors (Lipinski definition) is 1. The lowest BCUT2D eigenvalue weighted by Crippen LogP contribution is -2.04. The van der Waals surface area contributed by atoms with E-state index in [1.54, 1.807) is 0 Å². The van der Waals surface area contributed by atoms with Crippen LogP contribution in [0.15, 0.2) is 12.1 Å². The van der Waals surface area contributed by atoms with Gasteiger partial charge in [0.05, 0.1) is 0 Å². The average molecular weight is 202 g/mol. The number of hydrogen-bond donors (Lipinski definition) is 0. The molecule has 2 rings (SSSR count). The molecule has 0 spiro atoms. The second kappa shape index (κ2) is 3.48. The molecule has 0 N–H and O–H groups in total.